The molecule has 21 heavy (non-hydrogen) atoms. The Morgan fingerprint density at radius 2 is 1.95 bits per heavy atom. The summed E-state index contributed by atoms with van der Waals surface area (Å²) in [6.45, 7) is 4.93. The van der Waals surface area contributed by atoms with Gasteiger partial charge in [0.2, 0.25) is 5.91 Å². The maximum Gasteiger partial charge on any atom is 0.273 e. The molecule has 1 spiro atoms. The summed E-state index contributed by atoms with van der Waals surface area (Å²) in [6, 6.07) is 0. The predicted molar refractivity (Wildman–Crippen MR) is 81.2 cm³/mol. The Balaban J connectivity index is 1.66. The lowest BCUT2D eigenvalue weighted by molar-refractivity contribution is -0.131. The standard InChI is InChI=1S/C15H21N3O2S/c1-12(19)17-7-4-15(5-8-17)3-2-6-18(10-15)14(20)13-9-21-11-16-13/h9,11H,2-8,10H2,1H3. The molecular weight excluding hydrogens is 286 g/mol. The summed E-state index contributed by atoms with van der Waals surface area (Å²) >= 11 is 1.46. The highest BCUT2D eigenvalue weighted by Crippen LogP contribution is 2.40. The number of thiazole rings is 1. The lowest BCUT2D eigenvalue weighted by Gasteiger charge is -2.47. The van der Waals surface area contributed by atoms with Gasteiger partial charge in [0, 0.05) is 38.5 Å². The van der Waals surface area contributed by atoms with Crippen LogP contribution < -0.4 is 0 Å². The first kappa shape index (κ1) is 14.5. The van der Waals surface area contributed by atoms with Crippen molar-refractivity contribution >= 4 is 23.2 Å². The van der Waals surface area contributed by atoms with Gasteiger partial charge in [0.1, 0.15) is 5.69 Å². The van der Waals surface area contributed by atoms with Crippen molar-refractivity contribution in [3.8, 4) is 0 Å². The summed E-state index contributed by atoms with van der Waals surface area (Å²) in [6.07, 6.45) is 4.23. The first-order valence-corrected chi connectivity index (χ1v) is 8.47. The number of carbonyl (C=O) groups excluding carboxylic acids is 2. The molecule has 0 bridgehead atoms. The molecule has 114 valence electrons. The molecule has 2 aliphatic rings. The van der Waals surface area contributed by atoms with Gasteiger partial charge in [-0.2, -0.15) is 0 Å². The molecule has 0 aromatic carbocycles. The van der Waals surface area contributed by atoms with E-state index in [2.05, 4.69) is 4.98 Å². The monoisotopic (exact) mass is 307 g/mol. The van der Waals surface area contributed by atoms with E-state index < -0.39 is 0 Å². The smallest absolute Gasteiger partial charge is 0.273 e. The van der Waals surface area contributed by atoms with Crippen LogP contribution in [0, 0.1) is 5.41 Å². The van der Waals surface area contributed by atoms with Crippen LogP contribution in [0.3, 0.4) is 0 Å². The molecule has 0 aliphatic carbocycles. The van der Waals surface area contributed by atoms with Crippen molar-refractivity contribution in [2.24, 2.45) is 5.41 Å². The second kappa shape index (κ2) is 5.75. The number of piperidine rings is 2. The molecule has 0 saturated carbocycles. The number of nitrogens with zero attached hydrogens (tertiary/aromatic N) is 3. The molecule has 5 nitrogen and oxygen atoms in total. The minimum atomic E-state index is 0.0596. The van der Waals surface area contributed by atoms with Crippen LogP contribution in [-0.4, -0.2) is 52.8 Å². The summed E-state index contributed by atoms with van der Waals surface area (Å²) in [5, 5.41) is 1.82. The van der Waals surface area contributed by atoms with Gasteiger partial charge in [-0.05, 0) is 31.1 Å². The van der Waals surface area contributed by atoms with Gasteiger partial charge < -0.3 is 9.80 Å². The molecule has 3 heterocycles. The predicted octanol–water partition coefficient (Wildman–Crippen LogP) is 2.01. The van der Waals surface area contributed by atoms with Crippen molar-refractivity contribution in [2.75, 3.05) is 26.2 Å². The highest BCUT2D eigenvalue weighted by atomic mass is 32.1. The third kappa shape index (κ3) is 2.95. The van der Waals surface area contributed by atoms with Crippen LogP contribution in [0.5, 0.6) is 0 Å². The molecule has 0 N–H and O–H groups in total. The molecule has 2 saturated heterocycles. The number of hydrogen-bond donors (Lipinski definition) is 0. The van der Waals surface area contributed by atoms with E-state index in [1.165, 1.54) is 17.8 Å². The minimum absolute atomic E-state index is 0.0596. The average molecular weight is 307 g/mol. The van der Waals surface area contributed by atoms with Gasteiger partial charge in [-0.1, -0.05) is 0 Å². The van der Waals surface area contributed by atoms with Gasteiger partial charge in [-0.25, -0.2) is 4.98 Å². The summed E-state index contributed by atoms with van der Waals surface area (Å²) in [7, 11) is 0. The maximum atomic E-state index is 12.5. The second-order valence-electron chi connectivity index (χ2n) is 6.21. The zero-order valence-corrected chi connectivity index (χ0v) is 13.2. The molecule has 1 aromatic rings. The average Bonchev–Trinajstić information content (AvgIpc) is 3.01. The first-order chi connectivity index (χ1) is 10.1. The van der Waals surface area contributed by atoms with Crippen LogP contribution in [0.4, 0.5) is 0 Å². The second-order valence-corrected chi connectivity index (χ2v) is 6.93. The van der Waals surface area contributed by atoms with Crippen LogP contribution in [0.25, 0.3) is 0 Å². The quantitative estimate of drug-likeness (QED) is 0.797. The maximum absolute atomic E-state index is 12.5. The van der Waals surface area contributed by atoms with Gasteiger partial charge in [0.05, 0.1) is 5.51 Å². The highest BCUT2D eigenvalue weighted by molar-refractivity contribution is 7.07. The first-order valence-electron chi connectivity index (χ1n) is 7.53. The molecular formula is C15H21N3O2S. The number of hydrogen-bond acceptors (Lipinski definition) is 4. The topological polar surface area (TPSA) is 53.5 Å². The third-order valence-electron chi connectivity index (χ3n) is 4.87. The summed E-state index contributed by atoms with van der Waals surface area (Å²) < 4.78 is 0. The van der Waals surface area contributed by atoms with Crippen LogP contribution in [0.2, 0.25) is 0 Å². The Morgan fingerprint density at radius 1 is 1.19 bits per heavy atom. The fourth-order valence-electron chi connectivity index (χ4n) is 3.57. The fraction of sp³-hybridized carbons (Fsp3) is 0.667. The van der Waals surface area contributed by atoms with E-state index in [1.807, 2.05) is 15.2 Å². The Hall–Kier alpha value is -1.43. The molecule has 0 unspecified atom stereocenters. The highest BCUT2D eigenvalue weighted by Gasteiger charge is 2.40. The van der Waals surface area contributed by atoms with Crippen molar-refractivity contribution in [1.82, 2.24) is 14.8 Å². The zero-order valence-electron chi connectivity index (χ0n) is 12.4. The van der Waals surface area contributed by atoms with Crippen molar-refractivity contribution < 1.29 is 9.59 Å². The Morgan fingerprint density at radius 3 is 2.57 bits per heavy atom. The van der Waals surface area contributed by atoms with Gasteiger partial charge in [0.15, 0.2) is 0 Å². The third-order valence-corrected chi connectivity index (χ3v) is 5.46. The number of likely N-dealkylation sites (tertiary alicyclic amines) is 2. The van der Waals surface area contributed by atoms with Gasteiger partial charge in [-0.15, -0.1) is 11.3 Å². The summed E-state index contributed by atoms with van der Waals surface area (Å²) in [4.78, 5) is 31.9. The lowest BCUT2D eigenvalue weighted by atomic mass is 9.72. The Kier molecular flexibility index (Phi) is 3.97. The van der Waals surface area contributed by atoms with Crippen LogP contribution in [0.15, 0.2) is 10.9 Å². The molecule has 2 aliphatic heterocycles. The largest absolute Gasteiger partial charge is 0.343 e. The fourth-order valence-corrected chi connectivity index (χ4v) is 4.09. The van der Waals surface area contributed by atoms with Gasteiger partial charge in [0.25, 0.3) is 5.91 Å². The van der Waals surface area contributed by atoms with E-state index in [0.717, 1.165) is 45.4 Å². The number of amides is 2. The zero-order chi connectivity index (χ0) is 14.9. The van der Waals surface area contributed by atoms with Crippen LogP contribution >= 0.6 is 11.3 Å². The molecule has 6 heteroatoms. The number of aromatic nitrogens is 1. The van der Waals surface area contributed by atoms with E-state index in [9.17, 15) is 9.59 Å². The van der Waals surface area contributed by atoms with Crippen molar-refractivity contribution in [3.63, 3.8) is 0 Å². The van der Waals surface area contributed by atoms with Crippen molar-refractivity contribution in [2.45, 2.75) is 32.6 Å². The van der Waals surface area contributed by atoms with Crippen LogP contribution in [-0.2, 0) is 4.79 Å². The van der Waals surface area contributed by atoms with Crippen molar-refractivity contribution in [3.05, 3.63) is 16.6 Å². The Labute approximate surface area is 129 Å². The molecule has 0 radical (unpaired) electrons. The number of rotatable bonds is 1. The van der Waals surface area contributed by atoms with Crippen molar-refractivity contribution in [1.29, 1.82) is 0 Å². The van der Waals surface area contributed by atoms with E-state index in [-0.39, 0.29) is 17.2 Å². The van der Waals surface area contributed by atoms with E-state index >= 15 is 0 Å². The molecule has 1 aromatic heterocycles. The lowest BCUT2D eigenvalue weighted by Crippen LogP contribution is -2.51. The van der Waals surface area contributed by atoms with E-state index in [4.69, 9.17) is 0 Å². The van der Waals surface area contributed by atoms with E-state index in [1.54, 1.807) is 12.4 Å². The van der Waals surface area contributed by atoms with Gasteiger partial charge in [-0.3, -0.25) is 9.59 Å². The number of carbonyl (C=O) groups is 2. The minimum Gasteiger partial charge on any atom is -0.343 e. The summed E-state index contributed by atoms with van der Waals surface area (Å²) in [5.74, 6) is 0.223. The molecule has 2 amide bonds. The van der Waals surface area contributed by atoms with Crippen LogP contribution in [0.1, 0.15) is 43.1 Å². The Bertz CT molecular complexity index is 521. The normalized spacial score (nSPS) is 21.6. The molecule has 0 atom stereocenters. The SMILES string of the molecule is CC(=O)N1CCC2(CCCN(C(=O)c3cscn3)C2)CC1. The van der Waals surface area contributed by atoms with E-state index in [0.29, 0.717) is 5.69 Å². The molecule has 3 rings (SSSR count). The molecule has 2 fully saturated rings. The van der Waals surface area contributed by atoms with Gasteiger partial charge >= 0.3 is 0 Å². The summed E-state index contributed by atoms with van der Waals surface area (Å²) in [5.41, 5.74) is 2.48.